The first kappa shape index (κ1) is 19.3. The summed E-state index contributed by atoms with van der Waals surface area (Å²) in [6.45, 7) is 5.90. The van der Waals surface area contributed by atoms with E-state index in [1.807, 2.05) is 0 Å². The Kier molecular flexibility index (Phi) is 4.40. The van der Waals surface area contributed by atoms with Crippen molar-refractivity contribution in [3.05, 3.63) is 35.9 Å². The van der Waals surface area contributed by atoms with Crippen molar-refractivity contribution in [3.63, 3.8) is 0 Å². The van der Waals surface area contributed by atoms with Crippen molar-refractivity contribution < 1.29 is 4.79 Å². The van der Waals surface area contributed by atoms with E-state index in [2.05, 4.69) is 47.5 Å². The maximum atomic E-state index is 14.0. The summed E-state index contributed by atoms with van der Waals surface area (Å²) in [5.74, 6) is 1.86. The smallest absolute Gasteiger partial charge is 0.226 e. The van der Waals surface area contributed by atoms with Gasteiger partial charge in [-0.05, 0) is 99.1 Å². The van der Waals surface area contributed by atoms with Crippen molar-refractivity contribution >= 4 is 5.91 Å². The molecule has 1 amide bonds. The highest BCUT2D eigenvalue weighted by atomic mass is 16.2. The van der Waals surface area contributed by atoms with Crippen LogP contribution in [-0.4, -0.2) is 36.5 Å². The Morgan fingerprint density at radius 3 is 2.57 bits per heavy atom. The monoisotopic (exact) mass is 406 g/mol. The van der Waals surface area contributed by atoms with Crippen LogP contribution in [-0.2, 0) is 10.2 Å². The molecular formula is C27H38N2O. The van der Waals surface area contributed by atoms with Gasteiger partial charge in [0.15, 0.2) is 0 Å². The summed E-state index contributed by atoms with van der Waals surface area (Å²) in [7, 11) is 0. The molecule has 0 radical (unpaired) electrons. The lowest BCUT2D eigenvalue weighted by molar-refractivity contribution is -0.165. The standard InChI is InChI=1S/C27H38N2O/c1-2-10-25-13-20-14-26(17-25,22-6-4-3-5-7-22)19-27(15-20,18-25)24(30)28-23-16-29-11-8-21(23)9-12-29/h3-7,20-21,23H,2,8-19H2,1H3,(H,28,30)/t20?,23-,25+,26+,27?/m1/s1. The van der Waals surface area contributed by atoms with E-state index in [4.69, 9.17) is 0 Å². The fourth-order valence-electron chi connectivity index (χ4n) is 9.26. The summed E-state index contributed by atoms with van der Waals surface area (Å²) in [6.07, 6.45) is 12.4. The second-order valence-corrected chi connectivity index (χ2v) is 11.9. The van der Waals surface area contributed by atoms with Gasteiger partial charge in [0.25, 0.3) is 0 Å². The Morgan fingerprint density at radius 1 is 1.07 bits per heavy atom. The number of amides is 1. The number of nitrogens with zero attached hydrogens (tertiary/aromatic N) is 1. The first-order chi connectivity index (χ1) is 14.5. The van der Waals surface area contributed by atoms with Crippen LogP contribution in [0.1, 0.15) is 76.7 Å². The van der Waals surface area contributed by atoms with Gasteiger partial charge in [0.2, 0.25) is 5.91 Å². The van der Waals surface area contributed by atoms with Gasteiger partial charge in [0.05, 0.1) is 5.41 Å². The first-order valence-electron chi connectivity index (χ1n) is 12.6. The Hall–Kier alpha value is -1.35. The summed E-state index contributed by atoms with van der Waals surface area (Å²) in [5, 5.41) is 3.65. The van der Waals surface area contributed by atoms with Crippen LogP contribution in [0.5, 0.6) is 0 Å². The van der Waals surface area contributed by atoms with E-state index in [1.165, 1.54) is 63.6 Å². The highest BCUT2D eigenvalue weighted by Gasteiger charge is 2.65. The highest BCUT2D eigenvalue weighted by molar-refractivity contribution is 5.84. The molecule has 8 rings (SSSR count). The van der Waals surface area contributed by atoms with Crippen molar-refractivity contribution in [2.75, 3.05) is 19.6 Å². The van der Waals surface area contributed by atoms with Crippen LogP contribution in [0.4, 0.5) is 0 Å². The van der Waals surface area contributed by atoms with Crippen molar-refractivity contribution in [1.82, 2.24) is 10.2 Å². The number of benzene rings is 1. The lowest BCUT2D eigenvalue weighted by atomic mass is 9.37. The van der Waals surface area contributed by atoms with E-state index in [0.717, 1.165) is 31.7 Å². The third-order valence-electron chi connectivity index (χ3n) is 9.80. The van der Waals surface area contributed by atoms with Gasteiger partial charge in [-0.15, -0.1) is 0 Å². The molecule has 7 fully saturated rings. The zero-order valence-corrected chi connectivity index (χ0v) is 18.7. The van der Waals surface area contributed by atoms with Crippen molar-refractivity contribution in [1.29, 1.82) is 0 Å². The highest BCUT2D eigenvalue weighted by Crippen LogP contribution is 2.71. The Bertz CT molecular complexity index is 815. The van der Waals surface area contributed by atoms with E-state index < -0.39 is 0 Å². The van der Waals surface area contributed by atoms with Crippen molar-refractivity contribution in [2.45, 2.75) is 82.6 Å². The van der Waals surface area contributed by atoms with Crippen molar-refractivity contribution in [2.24, 2.45) is 22.7 Å². The number of nitrogens with one attached hydrogen (secondary N) is 1. The molecule has 1 aromatic carbocycles. The van der Waals surface area contributed by atoms with Crippen LogP contribution in [0.3, 0.4) is 0 Å². The average Bonchev–Trinajstić information content (AvgIpc) is 2.74. The van der Waals surface area contributed by atoms with Gasteiger partial charge >= 0.3 is 0 Å². The molecule has 3 heterocycles. The third-order valence-corrected chi connectivity index (χ3v) is 9.80. The number of carbonyl (C=O) groups excluding carboxylic acids is 1. The summed E-state index contributed by atoms with van der Waals surface area (Å²) in [4.78, 5) is 16.6. The van der Waals surface area contributed by atoms with Gasteiger partial charge in [-0.1, -0.05) is 43.7 Å². The SMILES string of the molecule is CCC[C@@]12CC3CC(C(=O)N[C@@H]4CN5CCC4CC5)(C1)C[C@](c1ccccc1)(C3)C2. The Labute approximate surface area is 182 Å². The van der Waals surface area contributed by atoms with E-state index in [-0.39, 0.29) is 10.8 Å². The minimum absolute atomic E-state index is 0.129. The molecule has 4 saturated carbocycles. The molecule has 1 aromatic rings. The van der Waals surface area contributed by atoms with Crippen LogP contribution >= 0.6 is 0 Å². The molecule has 162 valence electrons. The predicted molar refractivity (Wildman–Crippen MR) is 120 cm³/mol. The van der Waals surface area contributed by atoms with E-state index in [1.54, 1.807) is 0 Å². The van der Waals surface area contributed by atoms with Gasteiger partial charge in [-0.25, -0.2) is 0 Å². The van der Waals surface area contributed by atoms with Gasteiger partial charge < -0.3 is 10.2 Å². The number of rotatable bonds is 5. The van der Waals surface area contributed by atoms with Crippen LogP contribution in [0.15, 0.2) is 30.3 Å². The molecule has 5 atom stereocenters. The summed E-state index contributed by atoms with van der Waals surface area (Å²) < 4.78 is 0. The lowest BCUT2D eigenvalue weighted by Gasteiger charge is -2.66. The largest absolute Gasteiger partial charge is 0.351 e. The molecule has 30 heavy (non-hydrogen) atoms. The predicted octanol–water partition coefficient (Wildman–Crippen LogP) is 4.91. The minimum Gasteiger partial charge on any atom is -0.351 e. The van der Waals surface area contributed by atoms with Gasteiger partial charge in [-0.3, -0.25) is 4.79 Å². The number of fused-ring (bicyclic) bond motifs is 3. The molecule has 2 unspecified atom stereocenters. The van der Waals surface area contributed by atoms with Crippen LogP contribution in [0, 0.1) is 22.7 Å². The van der Waals surface area contributed by atoms with Crippen LogP contribution < -0.4 is 5.32 Å². The molecule has 3 heteroatoms. The molecular weight excluding hydrogens is 368 g/mol. The maximum Gasteiger partial charge on any atom is 0.226 e. The normalized spacial score (nSPS) is 46.2. The molecule has 4 aliphatic carbocycles. The molecule has 0 aromatic heterocycles. The number of hydrogen-bond donors (Lipinski definition) is 1. The molecule has 3 saturated heterocycles. The first-order valence-corrected chi connectivity index (χ1v) is 12.6. The fourth-order valence-corrected chi connectivity index (χ4v) is 9.26. The Morgan fingerprint density at radius 2 is 1.87 bits per heavy atom. The van der Waals surface area contributed by atoms with Crippen molar-refractivity contribution in [3.8, 4) is 0 Å². The van der Waals surface area contributed by atoms with Gasteiger partial charge in [0, 0.05) is 12.6 Å². The number of piperidine rings is 3. The minimum atomic E-state index is -0.129. The number of carbonyl (C=O) groups is 1. The third kappa shape index (κ3) is 2.91. The quantitative estimate of drug-likeness (QED) is 0.754. The van der Waals surface area contributed by atoms with Gasteiger partial charge in [-0.2, -0.15) is 0 Å². The molecule has 0 spiro atoms. The van der Waals surface area contributed by atoms with Gasteiger partial charge in [0.1, 0.15) is 0 Å². The zero-order valence-electron chi connectivity index (χ0n) is 18.7. The lowest BCUT2D eigenvalue weighted by Crippen LogP contribution is -2.65. The number of hydrogen-bond acceptors (Lipinski definition) is 2. The Balaban J connectivity index is 1.33. The fraction of sp³-hybridized carbons (Fsp3) is 0.741. The second-order valence-electron chi connectivity index (χ2n) is 11.9. The maximum absolute atomic E-state index is 14.0. The summed E-state index contributed by atoms with van der Waals surface area (Å²) in [6, 6.07) is 11.7. The summed E-state index contributed by atoms with van der Waals surface area (Å²) >= 11 is 0. The van der Waals surface area contributed by atoms with Crippen LogP contribution in [0.25, 0.3) is 0 Å². The zero-order chi connectivity index (χ0) is 20.4. The average molecular weight is 407 g/mol. The molecule has 3 nitrogen and oxygen atoms in total. The van der Waals surface area contributed by atoms with E-state index >= 15 is 0 Å². The topological polar surface area (TPSA) is 32.3 Å². The summed E-state index contributed by atoms with van der Waals surface area (Å²) in [5.41, 5.74) is 1.99. The van der Waals surface area contributed by atoms with Crippen LogP contribution in [0.2, 0.25) is 0 Å². The van der Waals surface area contributed by atoms with E-state index in [0.29, 0.717) is 23.3 Å². The second kappa shape index (κ2) is 6.82. The van der Waals surface area contributed by atoms with E-state index in [9.17, 15) is 4.79 Å². The molecule has 7 aliphatic rings. The molecule has 1 N–H and O–H groups in total. The molecule has 6 bridgehead atoms. The molecule has 3 aliphatic heterocycles.